The number of hydrogen-bond acceptors (Lipinski definition) is 3. The van der Waals surface area contributed by atoms with Crippen molar-refractivity contribution in [1.29, 1.82) is 0 Å². The van der Waals surface area contributed by atoms with Crippen LogP contribution in [0.5, 0.6) is 0 Å². The third kappa shape index (κ3) is 3.95. The minimum Gasteiger partial charge on any atom is -0.443 e. The number of benzene rings is 1. The van der Waals surface area contributed by atoms with E-state index in [0.717, 1.165) is 0 Å². The van der Waals surface area contributed by atoms with Crippen molar-refractivity contribution in [2.24, 2.45) is 0 Å². The van der Waals surface area contributed by atoms with Gasteiger partial charge in [0.15, 0.2) is 0 Å². The van der Waals surface area contributed by atoms with E-state index >= 15 is 0 Å². The Bertz CT molecular complexity index is 1020. The molecule has 0 fully saturated rings. The van der Waals surface area contributed by atoms with E-state index in [9.17, 15) is 13.6 Å². The molecule has 0 N–H and O–H groups in total. The molecule has 0 saturated heterocycles. The number of aryl methyl sites for hydroxylation is 1. The highest BCUT2D eigenvalue weighted by Crippen LogP contribution is 2.36. The summed E-state index contributed by atoms with van der Waals surface area (Å²) in [5.74, 6) is 0. The van der Waals surface area contributed by atoms with E-state index in [-0.39, 0.29) is 16.8 Å². The Balaban J connectivity index is 2.32. The van der Waals surface area contributed by atoms with Crippen molar-refractivity contribution in [1.82, 2.24) is 9.55 Å². The first kappa shape index (κ1) is 19.3. The van der Waals surface area contributed by atoms with Gasteiger partial charge in [-0.1, -0.05) is 17.7 Å². The summed E-state index contributed by atoms with van der Waals surface area (Å²) in [5.41, 5.74) is 0.490. The second-order valence-corrected chi connectivity index (χ2v) is 7.68. The van der Waals surface area contributed by atoms with Gasteiger partial charge >= 0.3 is 6.09 Å². The molecule has 0 aliphatic carbocycles. The van der Waals surface area contributed by atoms with Crippen LogP contribution in [0.3, 0.4) is 0 Å². The van der Waals surface area contributed by atoms with Gasteiger partial charge in [-0.3, -0.25) is 0 Å². The number of hydrogen-bond donors (Lipinski definition) is 0. The minimum atomic E-state index is -2.72. The highest BCUT2D eigenvalue weighted by molar-refractivity contribution is 6.31. The molecular weight excluding hydrogens is 374 g/mol. The predicted molar refractivity (Wildman–Crippen MR) is 102 cm³/mol. The van der Waals surface area contributed by atoms with E-state index in [2.05, 4.69) is 4.98 Å². The van der Waals surface area contributed by atoms with Crippen molar-refractivity contribution >= 4 is 28.7 Å². The van der Waals surface area contributed by atoms with Gasteiger partial charge in [0.25, 0.3) is 6.43 Å². The Kier molecular flexibility index (Phi) is 4.95. The molecule has 4 nitrogen and oxygen atoms in total. The van der Waals surface area contributed by atoms with Crippen LogP contribution in [0.1, 0.15) is 38.5 Å². The quantitative estimate of drug-likeness (QED) is 0.507. The number of fused-ring (bicyclic) bond motifs is 1. The largest absolute Gasteiger partial charge is 0.443 e. The molecule has 1 aromatic carbocycles. The fraction of sp³-hybridized carbons (Fsp3) is 0.300. The smallest absolute Gasteiger partial charge is 0.420 e. The first-order valence-corrected chi connectivity index (χ1v) is 8.75. The lowest BCUT2D eigenvalue weighted by Crippen LogP contribution is -2.27. The molecule has 3 aromatic rings. The van der Waals surface area contributed by atoms with Crippen LogP contribution in [0.2, 0.25) is 5.02 Å². The standard InChI is InChI=1S/C20H19ClF2N2O2/c1-11-5-6-12-9-16(15-10-13(21)7-8-14(15)17(22)23)25(18(12)24-11)19(26)27-20(2,3)4/h5-10,17H,1-4H3. The van der Waals surface area contributed by atoms with Crippen molar-refractivity contribution < 1.29 is 18.3 Å². The highest BCUT2D eigenvalue weighted by Gasteiger charge is 2.26. The lowest BCUT2D eigenvalue weighted by Gasteiger charge is -2.21. The monoisotopic (exact) mass is 392 g/mol. The zero-order valence-corrected chi connectivity index (χ0v) is 16.1. The minimum absolute atomic E-state index is 0.166. The van der Waals surface area contributed by atoms with Crippen molar-refractivity contribution in [2.75, 3.05) is 0 Å². The molecule has 2 aromatic heterocycles. The van der Waals surface area contributed by atoms with Gasteiger partial charge in [-0.25, -0.2) is 23.1 Å². The molecule has 0 radical (unpaired) electrons. The van der Waals surface area contributed by atoms with E-state index in [0.29, 0.717) is 21.7 Å². The summed E-state index contributed by atoms with van der Waals surface area (Å²) in [6.45, 7) is 6.99. The fourth-order valence-corrected chi connectivity index (χ4v) is 2.97. The van der Waals surface area contributed by atoms with Gasteiger partial charge in [-0.2, -0.15) is 0 Å². The van der Waals surface area contributed by atoms with E-state index < -0.39 is 18.1 Å². The molecule has 0 saturated carbocycles. The molecule has 142 valence electrons. The van der Waals surface area contributed by atoms with Gasteiger partial charge < -0.3 is 4.74 Å². The normalized spacial score (nSPS) is 12.0. The van der Waals surface area contributed by atoms with E-state index in [1.54, 1.807) is 45.9 Å². The summed E-state index contributed by atoms with van der Waals surface area (Å²) >= 11 is 6.05. The van der Waals surface area contributed by atoms with Crippen LogP contribution in [0.25, 0.3) is 22.3 Å². The fourth-order valence-electron chi connectivity index (χ4n) is 2.80. The molecule has 27 heavy (non-hydrogen) atoms. The molecule has 0 atom stereocenters. The van der Waals surface area contributed by atoms with Gasteiger partial charge in [-0.15, -0.1) is 0 Å². The lowest BCUT2D eigenvalue weighted by atomic mass is 10.0. The summed E-state index contributed by atoms with van der Waals surface area (Å²) in [6, 6.07) is 9.30. The summed E-state index contributed by atoms with van der Waals surface area (Å²) in [7, 11) is 0. The van der Waals surface area contributed by atoms with Crippen LogP contribution >= 0.6 is 11.6 Å². The Morgan fingerprint density at radius 3 is 2.52 bits per heavy atom. The molecule has 3 rings (SSSR count). The van der Waals surface area contributed by atoms with Gasteiger partial charge in [0.2, 0.25) is 0 Å². The molecule has 7 heteroatoms. The lowest BCUT2D eigenvalue weighted by molar-refractivity contribution is 0.0546. The van der Waals surface area contributed by atoms with Crippen molar-refractivity contribution in [3.63, 3.8) is 0 Å². The number of rotatable bonds is 2. The number of halogens is 3. The van der Waals surface area contributed by atoms with Gasteiger partial charge in [0.05, 0.1) is 5.69 Å². The van der Waals surface area contributed by atoms with Crippen molar-refractivity contribution in [2.45, 2.75) is 39.7 Å². The zero-order chi connectivity index (χ0) is 19.9. The number of ether oxygens (including phenoxy) is 1. The third-order valence-corrected chi connectivity index (χ3v) is 4.13. The van der Waals surface area contributed by atoms with Crippen LogP contribution < -0.4 is 0 Å². The number of nitrogens with zero attached hydrogens (tertiary/aromatic N) is 2. The number of aromatic nitrogens is 2. The summed E-state index contributed by atoms with van der Waals surface area (Å²) in [4.78, 5) is 17.3. The van der Waals surface area contributed by atoms with Crippen LogP contribution in [-0.4, -0.2) is 21.2 Å². The maximum atomic E-state index is 13.6. The zero-order valence-electron chi connectivity index (χ0n) is 15.4. The SMILES string of the molecule is Cc1ccc2cc(-c3cc(Cl)ccc3C(F)F)n(C(=O)OC(C)(C)C)c2n1. The number of alkyl halides is 2. The maximum absolute atomic E-state index is 13.6. The van der Waals surface area contributed by atoms with E-state index in [4.69, 9.17) is 16.3 Å². The maximum Gasteiger partial charge on any atom is 0.420 e. The molecule has 0 aliphatic rings. The van der Waals surface area contributed by atoms with Crippen molar-refractivity contribution in [3.05, 3.63) is 52.7 Å². The van der Waals surface area contributed by atoms with Crippen molar-refractivity contribution in [3.8, 4) is 11.3 Å². The van der Waals surface area contributed by atoms with Crippen LogP contribution in [0.15, 0.2) is 36.4 Å². The second kappa shape index (κ2) is 6.93. The van der Waals surface area contributed by atoms with Gasteiger partial charge in [0, 0.05) is 27.2 Å². The van der Waals surface area contributed by atoms with Crippen LogP contribution in [0.4, 0.5) is 13.6 Å². The topological polar surface area (TPSA) is 44.1 Å². The third-order valence-electron chi connectivity index (χ3n) is 3.89. The first-order chi connectivity index (χ1) is 12.6. The first-order valence-electron chi connectivity index (χ1n) is 8.37. The van der Waals surface area contributed by atoms with Gasteiger partial charge in [0.1, 0.15) is 11.2 Å². The van der Waals surface area contributed by atoms with E-state index in [1.165, 1.54) is 22.8 Å². The summed E-state index contributed by atoms with van der Waals surface area (Å²) < 4.78 is 33.9. The average molecular weight is 393 g/mol. The molecule has 0 bridgehead atoms. The molecule has 0 amide bonds. The molecular formula is C20H19ClF2N2O2. The number of pyridine rings is 1. The summed E-state index contributed by atoms with van der Waals surface area (Å²) in [6.07, 6.45) is -3.41. The highest BCUT2D eigenvalue weighted by atomic mass is 35.5. The number of carbonyl (C=O) groups is 1. The molecule has 0 spiro atoms. The van der Waals surface area contributed by atoms with Crippen LogP contribution in [0, 0.1) is 6.92 Å². The van der Waals surface area contributed by atoms with Crippen LogP contribution in [-0.2, 0) is 4.74 Å². The molecule has 0 aliphatic heterocycles. The Labute approximate surface area is 160 Å². The Morgan fingerprint density at radius 1 is 1.19 bits per heavy atom. The Morgan fingerprint density at radius 2 is 1.89 bits per heavy atom. The number of carbonyl (C=O) groups excluding carboxylic acids is 1. The average Bonchev–Trinajstić information content (AvgIpc) is 2.91. The molecule has 2 heterocycles. The Hall–Kier alpha value is -2.47. The van der Waals surface area contributed by atoms with Gasteiger partial charge in [-0.05, 0) is 58.0 Å². The predicted octanol–water partition coefficient (Wildman–Crippen LogP) is 6.39. The second-order valence-electron chi connectivity index (χ2n) is 7.24. The summed E-state index contributed by atoms with van der Waals surface area (Å²) in [5, 5.41) is 0.932. The molecule has 0 unspecified atom stereocenters. The van der Waals surface area contributed by atoms with E-state index in [1.807, 2.05) is 0 Å².